The third kappa shape index (κ3) is 5.72. The minimum atomic E-state index is -0.400. The molecule has 0 aliphatic carbocycles. The first-order valence-corrected chi connectivity index (χ1v) is 10.0. The predicted octanol–water partition coefficient (Wildman–Crippen LogP) is 6.24. The molecule has 6 heteroatoms. The van der Waals surface area contributed by atoms with Gasteiger partial charge in [-0.2, -0.15) is 0 Å². The average molecular weight is 440 g/mol. The molecule has 1 amide bonds. The second-order valence-corrected chi connectivity index (χ2v) is 7.23. The zero-order valence-corrected chi connectivity index (χ0v) is 17.7. The standard InChI is InChI=1S/C24H19Cl2NO3/c1-2-30-24(29)18-7-13-21(14-8-18)27-23(28)15-22(16-3-9-19(25)10-4-16)17-5-11-20(26)12-6-17/h3-15H,2H2,1H3,(H,27,28). The average Bonchev–Trinajstić information content (AvgIpc) is 2.74. The fourth-order valence-electron chi connectivity index (χ4n) is 2.81. The molecule has 0 fully saturated rings. The number of benzene rings is 3. The van der Waals surface area contributed by atoms with Gasteiger partial charge in [0.05, 0.1) is 12.2 Å². The predicted molar refractivity (Wildman–Crippen MR) is 121 cm³/mol. The molecule has 0 aromatic heterocycles. The number of hydrogen-bond acceptors (Lipinski definition) is 3. The Hall–Kier alpha value is -3.08. The molecule has 3 rings (SSSR count). The van der Waals surface area contributed by atoms with E-state index in [4.69, 9.17) is 27.9 Å². The van der Waals surface area contributed by atoms with E-state index in [2.05, 4.69) is 5.32 Å². The number of ether oxygens (including phenoxy) is 1. The minimum Gasteiger partial charge on any atom is -0.462 e. The molecule has 152 valence electrons. The summed E-state index contributed by atoms with van der Waals surface area (Å²) in [6, 6.07) is 21.0. The lowest BCUT2D eigenvalue weighted by molar-refractivity contribution is -0.111. The van der Waals surface area contributed by atoms with E-state index in [1.165, 1.54) is 6.08 Å². The van der Waals surface area contributed by atoms with E-state index in [0.717, 1.165) is 16.7 Å². The first-order chi connectivity index (χ1) is 14.5. The summed E-state index contributed by atoms with van der Waals surface area (Å²) in [5.41, 5.74) is 3.40. The fraction of sp³-hybridized carbons (Fsp3) is 0.0833. The number of halogens is 2. The number of anilines is 1. The molecule has 0 aliphatic heterocycles. The van der Waals surface area contributed by atoms with Gasteiger partial charge in [0.1, 0.15) is 0 Å². The van der Waals surface area contributed by atoms with Gasteiger partial charge in [0.25, 0.3) is 0 Å². The van der Waals surface area contributed by atoms with Gasteiger partial charge in [0, 0.05) is 21.8 Å². The maximum absolute atomic E-state index is 12.7. The van der Waals surface area contributed by atoms with Crippen molar-refractivity contribution in [3.8, 4) is 0 Å². The highest BCUT2D eigenvalue weighted by Crippen LogP contribution is 2.26. The Balaban J connectivity index is 1.85. The summed E-state index contributed by atoms with van der Waals surface area (Å²) in [7, 11) is 0. The zero-order valence-electron chi connectivity index (χ0n) is 16.2. The molecule has 0 saturated carbocycles. The molecule has 0 radical (unpaired) electrons. The molecule has 30 heavy (non-hydrogen) atoms. The topological polar surface area (TPSA) is 55.4 Å². The number of nitrogens with one attached hydrogen (secondary N) is 1. The van der Waals surface area contributed by atoms with Crippen LogP contribution in [0.25, 0.3) is 5.57 Å². The lowest BCUT2D eigenvalue weighted by Crippen LogP contribution is -2.10. The van der Waals surface area contributed by atoms with Crippen LogP contribution in [0.2, 0.25) is 10.0 Å². The van der Waals surface area contributed by atoms with Gasteiger partial charge in [-0.1, -0.05) is 47.5 Å². The number of carbonyl (C=O) groups is 2. The molecular weight excluding hydrogens is 421 g/mol. The number of amides is 1. The highest BCUT2D eigenvalue weighted by Gasteiger charge is 2.10. The van der Waals surface area contributed by atoms with Crippen molar-refractivity contribution in [3.05, 3.63) is 106 Å². The van der Waals surface area contributed by atoms with Crippen LogP contribution in [-0.2, 0) is 9.53 Å². The molecule has 0 spiro atoms. The van der Waals surface area contributed by atoms with Crippen LogP contribution in [0.5, 0.6) is 0 Å². The van der Waals surface area contributed by atoms with Gasteiger partial charge in [-0.25, -0.2) is 4.79 Å². The highest BCUT2D eigenvalue weighted by molar-refractivity contribution is 6.31. The second kappa shape index (κ2) is 10.1. The molecule has 0 heterocycles. The Kier molecular flexibility index (Phi) is 7.28. The summed E-state index contributed by atoms with van der Waals surface area (Å²) in [5.74, 6) is -0.707. The lowest BCUT2D eigenvalue weighted by atomic mass is 9.97. The quantitative estimate of drug-likeness (QED) is 0.365. The Labute approximate surface area is 185 Å². The molecule has 0 unspecified atom stereocenters. The first kappa shape index (κ1) is 21.6. The van der Waals surface area contributed by atoms with Crippen molar-refractivity contribution in [1.29, 1.82) is 0 Å². The van der Waals surface area contributed by atoms with Gasteiger partial charge < -0.3 is 10.1 Å². The van der Waals surface area contributed by atoms with E-state index in [-0.39, 0.29) is 5.91 Å². The summed E-state index contributed by atoms with van der Waals surface area (Å²) in [6.07, 6.45) is 1.52. The SMILES string of the molecule is CCOC(=O)c1ccc(NC(=O)C=C(c2ccc(Cl)cc2)c2ccc(Cl)cc2)cc1. The monoisotopic (exact) mass is 439 g/mol. The first-order valence-electron chi connectivity index (χ1n) is 9.28. The zero-order chi connectivity index (χ0) is 21.5. The summed E-state index contributed by atoms with van der Waals surface area (Å²) >= 11 is 12.0. The van der Waals surface area contributed by atoms with Crippen molar-refractivity contribution in [3.63, 3.8) is 0 Å². The maximum Gasteiger partial charge on any atom is 0.338 e. The van der Waals surface area contributed by atoms with Crippen LogP contribution in [0.15, 0.2) is 78.9 Å². The van der Waals surface area contributed by atoms with E-state index >= 15 is 0 Å². The third-order valence-corrected chi connectivity index (χ3v) is 4.75. The van der Waals surface area contributed by atoms with E-state index in [1.54, 1.807) is 55.5 Å². The van der Waals surface area contributed by atoms with Gasteiger partial charge in [0.2, 0.25) is 5.91 Å². The number of esters is 1. The smallest absolute Gasteiger partial charge is 0.338 e. The Morgan fingerprint density at radius 2 is 1.27 bits per heavy atom. The lowest BCUT2D eigenvalue weighted by Gasteiger charge is -2.10. The van der Waals surface area contributed by atoms with Crippen molar-refractivity contribution in [1.82, 2.24) is 0 Å². The maximum atomic E-state index is 12.7. The second-order valence-electron chi connectivity index (χ2n) is 6.36. The largest absolute Gasteiger partial charge is 0.462 e. The molecule has 3 aromatic carbocycles. The molecule has 0 atom stereocenters. The molecular formula is C24H19Cl2NO3. The third-order valence-electron chi connectivity index (χ3n) is 4.25. The Bertz CT molecular complexity index is 1010. The molecule has 0 aliphatic rings. The summed E-state index contributed by atoms with van der Waals surface area (Å²) in [4.78, 5) is 24.4. The highest BCUT2D eigenvalue weighted by atomic mass is 35.5. The van der Waals surface area contributed by atoms with Crippen molar-refractivity contribution in [2.45, 2.75) is 6.92 Å². The number of rotatable bonds is 6. The van der Waals surface area contributed by atoms with Gasteiger partial charge in [-0.15, -0.1) is 0 Å². The van der Waals surface area contributed by atoms with E-state index < -0.39 is 5.97 Å². The van der Waals surface area contributed by atoms with Crippen LogP contribution >= 0.6 is 23.2 Å². The number of hydrogen-bond donors (Lipinski definition) is 1. The Morgan fingerprint density at radius 1 is 0.800 bits per heavy atom. The Morgan fingerprint density at radius 3 is 1.73 bits per heavy atom. The fourth-order valence-corrected chi connectivity index (χ4v) is 3.06. The summed E-state index contributed by atoms with van der Waals surface area (Å²) in [6.45, 7) is 2.05. The molecule has 1 N–H and O–H groups in total. The minimum absolute atomic E-state index is 0.306. The van der Waals surface area contributed by atoms with E-state index in [0.29, 0.717) is 27.9 Å². The van der Waals surface area contributed by atoms with Crippen molar-refractivity contribution in [2.24, 2.45) is 0 Å². The molecule has 0 bridgehead atoms. The normalized spacial score (nSPS) is 10.2. The van der Waals surface area contributed by atoms with Crippen molar-refractivity contribution in [2.75, 3.05) is 11.9 Å². The van der Waals surface area contributed by atoms with Crippen LogP contribution in [0, 0.1) is 0 Å². The van der Waals surface area contributed by atoms with Gasteiger partial charge >= 0.3 is 5.97 Å². The van der Waals surface area contributed by atoms with E-state index in [1.807, 2.05) is 24.3 Å². The van der Waals surface area contributed by atoms with Gasteiger partial charge in [-0.05, 0) is 72.2 Å². The van der Waals surface area contributed by atoms with Crippen LogP contribution in [0.4, 0.5) is 5.69 Å². The van der Waals surface area contributed by atoms with Gasteiger partial charge in [-0.3, -0.25) is 4.79 Å². The van der Waals surface area contributed by atoms with Crippen molar-refractivity contribution < 1.29 is 14.3 Å². The van der Waals surface area contributed by atoms with E-state index in [9.17, 15) is 9.59 Å². The van der Waals surface area contributed by atoms with Crippen LogP contribution < -0.4 is 5.32 Å². The summed E-state index contributed by atoms with van der Waals surface area (Å²) < 4.78 is 4.96. The van der Waals surface area contributed by atoms with Crippen LogP contribution in [-0.4, -0.2) is 18.5 Å². The molecule has 0 saturated heterocycles. The molecule has 3 aromatic rings. The molecule has 4 nitrogen and oxygen atoms in total. The van der Waals surface area contributed by atoms with Crippen molar-refractivity contribution >= 4 is 46.3 Å². The number of carbonyl (C=O) groups excluding carboxylic acids is 2. The van der Waals surface area contributed by atoms with Crippen LogP contribution in [0.3, 0.4) is 0 Å². The summed E-state index contributed by atoms with van der Waals surface area (Å²) in [5, 5.41) is 4.04. The van der Waals surface area contributed by atoms with Gasteiger partial charge in [0.15, 0.2) is 0 Å². The van der Waals surface area contributed by atoms with Crippen LogP contribution in [0.1, 0.15) is 28.4 Å².